The van der Waals surface area contributed by atoms with E-state index in [1.54, 1.807) is 13.1 Å². The molecule has 3 aromatic rings. The summed E-state index contributed by atoms with van der Waals surface area (Å²) in [7, 11) is 0. The normalized spacial score (nSPS) is 16.4. The van der Waals surface area contributed by atoms with Gasteiger partial charge in [0.1, 0.15) is 0 Å². The monoisotopic (exact) mass is 552 g/mol. The molecule has 40 heavy (non-hydrogen) atoms. The zero-order chi connectivity index (χ0) is 28.1. The van der Waals surface area contributed by atoms with Crippen LogP contribution in [0.15, 0.2) is 101 Å². The number of amides is 1. The van der Waals surface area contributed by atoms with Crippen LogP contribution in [0, 0.1) is 0 Å². The molecule has 5 rings (SSSR count). The molecule has 0 saturated carbocycles. The molecule has 1 N–H and O–H groups in total. The van der Waals surface area contributed by atoms with Crippen LogP contribution in [0.25, 0.3) is 5.70 Å². The van der Waals surface area contributed by atoms with Gasteiger partial charge in [0.25, 0.3) is 0 Å². The van der Waals surface area contributed by atoms with Crippen LogP contribution >= 0.6 is 11.8 Å². The average molecular weight is 553 g/mol. The highest BCUT2D eigenvalue weighted by Gasteiger charge is 2.42. The Balaban J connectivity index is 1.54. The molecule has 8 heteroatoms. The second kappa shape index (κ2) is 12.3. The number of thioether (sulfide) groups is 1. The summed E-state index contributed by atoms with van der Waals surface area (Å²) in [5.41, 5.74) is 5.57. The number of hydrogen-bond donors (Lipinski definition) is 1. The highest BCUT2D eigenvalue weighted by atomic mass is 32.2. The Morgan fingerprint density at radius 2 is 1.77 bits per heavy atom. The summed E-state index contributed by atoms with van der Waals surface area (Å²) in [5, 5.41) is 5.63. The first-order valence-corrected chi connectivity index (χ1v) is 14.3. The summed E-state index contributed by atoms with van der Waals surface area (Å²) in [6.45, 7) is 6.69. The molecule has 0 spiro atoms. The van der Waals surface area contributed by atoms with Crippen molar-refractivity contribution in [1.29, 1.82) is 0 Å². The van der Waals surface area contributed by atoms with Crippen LogP contribution in [0.2, 0.25) is 0 Å². The van der Waals surface area contributed by atoms with E-state index in [0.717, 1.165) is 27.7 Å². The predicted octanol–water partition coefficient (Wildman–Crippen LogP) is 6.19. The van der Waals surface area contributed by atoms with E-state index >= 15 is 0 Å². The number of pyridine rings is 1. The van der Waals surface area contributed by atoms with E-state index in [9.17, 15) is 9.59 Å². The van der Waals surface area contributed by atoms with Gasteiger partial charge in [-0.2, -0.15) is 0 Å². The number of carbonyl (C=O) groups is 2. The van der Waals surface area contributed by atoms with Crippen LogP contribution in [0.1, 0.15) is 61.5 Å². The van der Waals surface area contributed by atoms with Gasteiger partial charge in [0, 0.05) is 17.5 Å². The third-order valence-corrected chi connectivity index (χ3v) is 7.69. The van der Waals surface area contributed by atoms with Gasteiger partial charge in [-0.05, 0) is 41.5 Å². The number of ether oxygens (including phenoxy) is 1. The minimum absolute atomic E-state index is 0.135. The summed E-state index contributed by atoms with van der Waals surface area (Å²) < 4.78 is 5.59. The molecule has 0 saturated heterocycles. The van der Waals surface area contributed by atoms with E-state index < -0.39 is 12.0 Å². The fourth-order valence-corrected chi connectivity index (χ4v) is 5.70. The maximum atomic E-state index is 13.6. The van der Waals surface area contributed by atoms with Crippen molar-refractivity contribution in [2.24, 2.45) is 4.99 Å². The van der Waals surface area contributed by atoms with Crippen molar-refractivity contribution in [3.8, 4) is 0 Å². The van der Waals surface area contributed by atoms with Crippen LogP contribution in [0.3, 0.4) is 0 Å². The largest absolute Gasteiger partial charge is 0.463 e. The molecule has 0 unspecified atom stereocenters. The van der Waals surface area contributed by atoms with Crippen molar-refractivity contribution in [3.05, 3.63) is 118 Å². The van der Waals surface area contributed by atoms with E-state index in [4.69, 9.17) is 9.73 Å². The third kappa shape index (κ3) is 5.87. The van der Waals surface area contributed by atoms with Crippen molar-refractivity contribution >= 4 is 34.5 Å². The number of esters is 1. The van der Waals surface area contributed by atoms with Crippen LogP contribution < -0.4 is 5.32 Å². The Morgan fingerprint density at radius 1 is 1.02 bits per heavy atom. The molecule has 1 aromatic heterocycles. The summed E-state index contributed by atoms with van der Waals surface area (Å²) in [6.07, 6.45) is 1.84. The molecule has 2 aliphatic heterocycles. The number of hydrogen-bond acceptors (Lipinski definition) is 7. The number of benzene rings is 2. The molecule has 0 aliphatic carbocycles. The van der Waals surface area contributed by atoms with Gasteiger partial charge >= 0.3 is 5.97 Å². The molecular weight excluding hydrogens is 520 g/mol. The smallest absolute Gasteiger partial charge is 0.338 e. The van der Waals surface area contributed by atoms with Crippen LogP contribution in [0.4, 0.5) is 0 Å². The van der Waals surface area contributed by atoms with Gasteiger partial charge in [-0.25, -0.2) is 9.79 Å². The van der Waals surface area contributed by atoms with Crippen molar-refractivity contribution < 1.29 is 14.3 Å². The predicted molar refractivity (Wildman–Crippen MR) is 159 cm³/mol. The lowest BCUT2D eigenvalue weighted by Gasteiger charge is -2.37. The van der Waals surface area contributed by atoms with Crippen LogP contribution in [-0.2, 0) is 20.9 Å². The minimum atomic E-state index is -0.507. The van der Waals surface area contributed by atoms with Crippen molar-refractivity contribution in [1.82, 2.24) is 15.2 Å². The Morgan fingerprint density at radius 3 is 2.45 bits per heavy atom. The Hall–Kier alpha value is -4.17. The number of aromatic nitrogens is 1. The first-order valence-electron chi connectivity index (χ1n) is 13.4. The molecule has 7 nitrogen and oxygen atoms in total. The second-order valence-electron chi connectivity index (χ2n) is 9.84. The van der Waals surface area contributed by atoms with Crippen molar-refractivity contribution in [2.45, 2.75) is 45.7 Å². The summed E-state index contributed by atoms with van der Waals surface area (Å²) in [6, 6.07) is 23.1. The van der Waals surface area contributed by atoms with Gasteiger partial charge in [0.15, 0.2) is 5.17 Å². The summed E-state index contributed by atoms with van der Waals surface area (Å²) >= 11 is 1.46. The Bertz CT molecular complexity index is 1470. The lowest BCUT2D eigenvalue weighted by molar-refractivity contribution is -0.139. The van der Waals surface area contributed by atoms with Gasteiger partial charge < -0.3 is 15.0 Å². The van der Waals surface area contributed by atoms with Crippen LogP contribution in [0.5, 0.6) is 0 Å². The van der Waals surface area contributed by atoms with Gasteiger partial charge in [-0.3, -0.25) is 9.78 Å². The zero-order valence-electron chi connectivity index (χ0n) is 22.8. The Kier molecular flexibility index (Phi) is 8.45. The molecule has 0 radical (unpaired) electrons. The highest BCUT2D eigenvalue weighted by Crippen LogP contribution is 2.47. The topological polar surface area (TPSA) is 83.9 Å². The van der Waals surface area contributed by atoms with E-state index in [2.05, 4.69) is 48.4 Å². The van der Waals surface area contributed by atoms with Crippen LogP contribution in [-0.4, -0.2) is 33.5 Å². The maximum Gasteiger partial charge on any atom is 0.338 e. The molecule has 204 valence electrons. The van der Waals surface area contributed by atoms with Crippen molar-refractivity contribution in [3.63, 3.8) is 0 Å². The molecule has 1 atom stereocenters. The number of carbonyl (C=O) groups excluding carboxylic acids is 2. The number of amidine groups is 1. The lowest BCUT2D eigenvalue weighted by atomic mass is 9.90. The number of nitrogens with zero attached hydrogens (tertiary/aromatic N) is 3. The lowest BCUT2D eigenvalue weighted by Crippen LogP contribution is -2.38. The fraction of sp³-hybridized carbons (Fsp3) is 0.250. The standard InChI is InChI=1S/C32H32N4O3S/c1-4-39-31(38)28-29(23-10-6-5-7-11-23)35-32-36(30(28)24-15-13-22(14-16-24)21(2)3)26(20-40-32)18-27(37)34-19-25-12-8-9-17-33-25/h5-17,20-21,30H,4,18-19H2,1-3H3,(H,34,37)/t30-/m0/s1. The number of nitrogens with one attached hydrogen (secondary N) is 1. The fourth-order valence-electron chi connectivity index (χ4n) is 4.79. The number of rotatable bonds is 9. The van der Waals surface area contributed by atoms with Gasteiger partial charge in [0.05, 0.1) is 42.6 Å². The van der Waals surface area contributed by atoms with Gasteiger partial charge in [-0.1, -0.05) is 86.3 Å². The third-order valence-electron chi connectivity index (χ3n) is 6.81. The highest BCUT2D eigenvalue weighted by molar-refractivity contribution is 8.16. The molecule has 0 fully saturated rings. The molecule has 3 heterocycles. The molecule has 0 bridgehead atoms. The second-order valence-corrected chi connectivity index (χ2v) is 10.7. The first-order chi connectivity index (χ1) is 19.5. The summed E-state index contributed by atoms with van der Waals surface area (Å²) in [4.78, 5) is 37.9. The SMILES string of the molecule is CCOC(=O)C1=C(c2ccccc2)N=C2SC=C(CC(=O)NCc3ccccn3)N2[C@H]1c1ccc(C(C)C)cc1. The molecule has 1 amide bonds. The zero-order valence-corrected chi connectivity index (χ0v) is 23.7. The quantitative estimate of drug-likeness (QED) is 0.319. The number of aliphatic imine (C=N–C) groups is 1. The maximum absolute atomic E-state index is 13.6. The van der Waals surface area contributed by atoms with E-state index in [-0.39, 0.29) is 18.9 Å². The van der Waals surface area contributed by atoms with E-state index in [0.29, 0.717) is 23.7 Å². The van der Waals surface area contributed by atoms with Gasteiger partial charge in [-0.15, -0.1) is 0 Å². The van der Waals surface area contributed by atoms with E-state index in [1.807, 2.05) is 58.8 Å². The van der Waals surface area contributed by atoms with Gasteiger partial charge in [0.2, 0.25) is 5.91 Å². The first kappa shape index (κ1) is 27.4. The molecule has 2 aromatic carbocycles. The summed E-state index contributed by atoms with van der Waals surface area (Å²) in [5.74, 6) is -0.181. The molecular formula is C32H32N4O3S. The Labute approximate surface area is 239 Å². The average Bonchev–Trinajstić information content (AvgIpc) is 3.38. The van der Waals surface area contributed by atoms with E-state index in [1.165, 1.54) is 17.3 Å². The number of fused-ring (bicyclic) bond motifs is 1. The molecule has 2 aliphatic rings. The van der Waals surface area contributed by atoms with Crippen molar-refractivity contribution in [2.75, 3.05) is 6.61 Å². The minimum Gasteiger partial charge on any atom is -0.463 e.